The molecule has 0 radical (unpaired) electrons. The van der Waals surface area contributed by atoms with Crippen molar-refractivity contribution >= 4 is 0 Å². The lowest BCUT2D eigenvalue weighted by Gasteiger charge is -2.41. The van der Waals surface area contributed by atoms with Crippen molar-refractivity contribution in [3.05, 3.63) is 0 Å². The molecule has 1 aliphatic heterocycles. The molecule has 0 bridgehead atoms. The molecule has 0 aromatic heterocycles. The normalized spacial score (nSPS) is 23.2. The van der Waals surface area contributed by atoms with E-state index in [1.807, 2.05) is 0 Å². The average molecular weight is 226 g/mol. The SMILES string of the molecule is CCCNCCC(C)N1CCCC(C)(C)C1. The summed E-state index contributed by atoms with van der Waals surface area (Å²) in [6.45, 7) is 14.3. The zero-order valence-corrected chi connectivity index (χ0v) is 11.7. The van der Waals surface area contributed by atoms with Crippen molar-refractivity contribution in [2.75, 3.05) is 26.2 Å². The topological polar surface area (TPSA) is 15.3 Å². The number of hydrogen-bond donors (Lipinski definition) is 1. The van der Waals surface area contributed by atoms with Crippen LogP contribution in [0.2, 0.25) is 0 Å². The molecule has 16 heavy (non-hydrogen) atoms. The van der Waals surface area contributed by atoms with Crippen molar-refractivity contribution in [3.63, 3.8) is 0 Å². The van der Waals surface area contributed by atoms with Crippen molar-refractivity contribution in [3.8, 4) is 0 Å². The lowest BCUT2D eigenvalue weighted by atomic mass is 9.83. The zero-order valence-electron chi connectivity index (χ0n) is 11.7. The monoisotopic (exact) mass is 226 g/mol. The van der Waals surface area contributed by atoms with Gasteiger partial charge in [-0.2, -0.15) is 0 Å². The number of piperidine rings is 1. The van der Waals surface area contributed by atoms with Crippen molar-refractivity contribution in [1.82, 2.24) is 10.2 Å². The maximum absolute atomic E-state index is 3.50. The molecule has 96 valence electrons. The number of hydrogen-bond acceptors (Lipinski definition) is 2. The van der Waals surface area contributed by atoms with Crippen LogP contribution >= 0.6 is 0 Å². The third-order valence-corrected chi connectivity index (χ3v) is 3.72. The molecule has 1 N–H and O–H groups in total. The molecule has 0 amide bonds. The van der Waals surface area contributed by atoms with E-state index in [1.54, 1.807) is 0 Å². The highest BCUT2D eigenvalue weighted by Crippen LogP contribution is 2.29. The Kier molecular flexibility index (Phi) is 5.77. The molecular formula is C14H30N2. The Morgan fingerprint density at radius 2 is 2.06 bits per heavy atom. The molecule has 0 aromatic carbocycles. The van der Waals surface area contributed by atoms with E-state index in [1.165, 1.54) is 45.3 Å². The highest BCUT2D eigenvalue weighted by atomic mass is 15.2. The van der Waals surface area contributed by atoms with E-state index in [2.05, 4.69) is 37.9 Å². The fourth-order valence-corrected chi connectivity index (χ4v) is 2.64. The fourth-order valence-electron chi connectivity index (χ4n) is 2.64. The van der Waals surface area contributed by atoms with Gasteiger partial charge in [0.2, 0.25) is 0 Å². The lowest BCUT2D eigenvalue weighted by molar-refractivity contribution is 0.0813. The van der Waals surface area contributed by atoms with Gasteiger partial charge in [0.25, 0.3) is 0 Å². The van der Waals surface area contributed by atoms with Crippen LogP contribution in [0.25, 0.3) is 0 Å². The Morgan fingerprint density at radius 3 is 2.69 bits per heavy atom. The maximum Gasteiger partial charge on any atom is 0.00792 e. The summed E-state index contributed by atoms with van der Waals surface area (Å²) >= 11 is 0. The highest BCUT2D eigenvalue weighted by Gasteiger charge is 2.28. The van der Waals surface area contributed by atoms with Crippen LogP contribution in [0.1, 0.15) is 53.4 Å². The second-order valence-electron chi connectivity index (χ2n) is 6.13. The second kappa shape index (κ2) is 6.61. The van der Waals surface area contributed by atoms with Gasteiger partial charge in [0.1, 0.15) is 0 Å². The van der Waals surface area contributed by atoms with Gasteiger partial charge in [0.05, 0.1) is 0 Å². The predicted molar refractivity (Wildman–Crippen MR) is 71.8 cm³/mol. The van der Waals surface area contributed by atoms with E-state index in [-0.39, 0.29) is 0 Å². The summed E-state index contributed by atoms with van der Waals surface area (Å²) in [6.07, 6.45) is 5.30. The van der Waals surface area contributed by atoms with E-state index in [9.17, 15) is 0 Å². The third-order valence-electron chi connectivity index (χ3n) is 3.72. The predicted octanol–water partition coefficient (Wildman–Crippen LogP) is 2.89. The minimum absolute atomic E-state index is 0.531. The van der Waals surface area contributed by atoms with Gasteiger partial charge >= 0.3 is 0 Å². The molecule has 1 saturated heterocycles. The standard InChI is InChI=1S/C14H30N2/c1-5-9-15-10-7-13(2)16-11-6-8-14(3,4)12-16/h13,15H,5-12H2,1-4H3. The first-order valence-electron chi connectivity index (χ1n) is 7.00. The van der Waals surface area contributed by atoms with Gasteiger partial charge in [-0.3, -0.25) is 0 Å². The van der Waals surface area contributed by atoms with Crippen LogP contribution in [0, 0.1) is 5.41 Å². The Bertz CT molecular complexity index is 189. The highest BCUT2D eigenvalue weighted by molar-refractivity contribution is 4.82. The van der Waals surface area contributed by atoms with Crippen LogP contribution in [-0.4, -0.2) is 37.1 Å². The molecule has 1 aliphatic rings. The largest absolute Gasteiger partial charge is 0.317 e. The van der Waals surface area contributed by atoms with Gasteiger partial charge in [-0.15, -0.1) is 0 Å². The Morgan fingerprint density at radius 1 is 1.31 bits per heavy atom. The van der Waals surface area contributed by atoms with Crippen LogP contribution in [0.3, 0.4) is 0 Å². The lowest BCUT2D eigenvalue weighted by Crippen LogP contribution is -2.45. The van der Waals surface area contributed by atoms with Crippen molar-refractivity contribution in [2.45, 2.75) is 59.4 Å². The summed E-state index contributed by atoms with van der Waals surface area (Å²) in [5, 5.41) is 3.50. The van der Waals surface area contributed by atoms with Gasteiger partial charge in [-0.05, 0) is 57.7 Å². The first-order valence-corrected chi connectivity index (χ1v) is 7.00. The average Bonchev–Trinajstić information content (AvgIpc) is 2.22. The fraction of sp³-hybridized carbons (Fsp3) is 1.00. The summed E-state index contributed by atoms with van der Waals surface area (Å²) in [4.78, 5) is 2.68. The second-order valence-corrected chi connectivity index (χ2v) is 6.13. The summed E-state index contributed by atoms with van der Waals surface area (Å²) in [6, 6.07) is 0.740. The first-order chi connectivity index (χ1) is 7.55. The quantitative estimate of drug-likeness (QED) is 0.701. The van der Waals surface area contributed by atoms with Gasteiger partial charge in [0, 0.05) is 12.6 Å². The molecule has 1 unspecified atom stereocenters. The van der Waals surface area contributed by atoms with E-state index < -0.39 is 0 Å². The molecular weight excluding hydrogens is 196 g/mol. The molecule has 1 heterocycles. The van der Waals surface area contributed by atoms with Crippen LogP contribution in [-0.2, 0) is 0 Å². The number of nitrogens with zero attached hydrogens (tertiary/aromatic N) is 1. The van der Waals surface area contributed by atoms with Gasteiger partial charge in [0.15, 0.2) is 0 Å². The van der Waals surface area contributed by atoms with Crippen LogP contribution in [0.5, 0.6) is 0 Å². The maximum atomic E-state index is 3.50. The molecule has 1 rings (SSSR count). The third kappa shape index (κ3) is 4.84. The summed E-state index contributed by atoms with van der Waals surface area (Å²) < 4.78 is 0. The minimum atomic E-state index is 0.531. The molecule has 2 nitrogen and oxygen atoms in total. The molecule has 2 heteroatoms. The number of rotatable bonds is 6. The van der Waals surface area contributed by atoms with Crippen LogP contribution in [0.4, 0.5) is 0 Å². The van der Waals surface area contributed by atoms with Crippen LogP contribution < -0.4 is 5.32 Å². The van der Waals surface area contributed by atoms with Crippen molar-refractivity contribution < 1.29 is 0 Å². The summed E-state index contributed by atoms with van der Waals surface area (Å²) in [5.41, 5.74) is 0.531. The Labute approximate surface area is 102 Å². The van der Waals surface area contributed by atoms with E-state index in [0.29, 0.717) is 5.41 Å². The van der Waals surface area contributed by atoms with E-state index in [4.69, 9.17) is 0 Å². The Hall–Kier alpha value is -0.0800. The molecule has 0 saturated carbocycles. The minimum Gasteiger partial charge on any atom is -0.317 e. The number of nitrogens with one attached hydrogen (secondary N) is 1. The molecule has 0 aromatic rings. The van der Waals surface area contributed by atoms with Crippen molar-refractivity contribution in [1.29, 1.82) is 0 Å². The van der Waals surface area contributed by atoms with Crippen molar-refractivity contribution in [2.24, 2.45) is 5.41 Å². The molecule has 0 aliphatic carbocycles. The summed E-state index contributed by atoms with van der Waals surface area (Å²) in [5.74, 6) is 0. The molecule has 0 spiro atoms. The molecule has 1 atom stereocenters. The zero-order chi connectivity index (χ0) is 12.0. The van der Waals surface area contributed by atoms with Gasteiger partial charge in [-0.1, -0.05) is 20.8 Å². The van der Waals surface area contributed by atoms with Crippen LogP contribution in [0.15, 0.2) is 0 Å². The van der Waals surface area contributed by atoms with E-state index >= 15 is 0 Å². The number of likely N-dealkylation sites (tertiary alicyclic amines) is 1. The Balaban J connectivity index is 2.22. The van der Waals surface area contributed by atoms with Gasteiger partial charge in [-0.25, -0.2) is 0 Å². The summed E-state index contributed by atoms with van der Waals surface area (Å²) in [7, 11) is 0. The smallest absolute Gasteiger partial charge is 0.00792 e. The van der Waals surface area contributed by atoms with Gasteiger partial charge < -0.3 is 10.2 Å². The van der Waals surface area contributed by atoms with E-state index in [0.717, 1.165) is 12.6 Å². The first kappa shape index (κ1) is 14.0. The molecule has 1 fully saturated rings.